The molecule has 0 aromatic heterocycles. The van der Waals surface area contributed by atoms with Crippen molar-refractivity contribution >= 4 is 22.5 Å². The molecule has 1 aromatic rings. The Hall–Kier alpha value is -0.700. The molecule has 0 spiro atoms. The third-order valence-electron chi connectivity index (χ3n) is 2.68. The van der Waals surface area contributed by atoms with E-state index in [0.717, 1.165) is 9.93 Å². The number of benzene rings is 1. The lowest BCUT2D eigenvalue weighted by atomic mass is 10.1. The number of allylic oxidation sites excluding steroid dienone is 2. The van der Waals surface area contributed by atoms with Crippen LogP contribution in [0.25, 0.3) is 0 Å². The van der Waals surface area contributed by atoms with E-state index < -0.39 is 10.9 Å². The summed E-state index contributed by atoms with van der Waals surface area (Å²) in [6.45, 7) is 4.17. The van der Waals surface area contributed by atoms with Crippen LogP contribution in [0.5, 0.6) is 0 Å². The molecule has 1 nitrogen and oxygen atoms in total. The molecule has 1 heterocycles. The van der Waals surface area contributed by atoms with Crippen LogP contribution in [0.2, 0.25) is 0 Å². The quantitative estimate of drug-likeness (QED) is 0.792. The van der Waals surface area contributed by atoms with Gasteiger partial charge in [0, 0.05) is 11.3 Å². The zero-order valence-electron chi connectivity index (χ0n) is 8.88. The predicted octanol–water partition coefficient (Wildman–Crippen LogP) is 3.50. The third kappa shape index (κ3) is 2.34. The van der Waals surface area contributed by atoms with Gasteiger partial charge in [-0.15, -0.1) is 0 Å². The molecule has 0 saturated carbocycles. The Balaban J connectivity index is 2.14. The summed E-state index contributed by atoms with van der Waals surface area (Å²) >= 11 is 6.14. The summed E-state index contributed by atoms with van der Waals surface area (Å²) in [5, 5.41) is 2.25. The van der Waals surface area contributed by atoms with Crippen LogP contribution < -0.4 is 5.73 Å². The Kier molecular flexibility index (Phi) is 3.74. The molecule has 0 fully saturated rings. The second-order valence-electron chi connectivity index (χ2n) is 3.74. The van der Waals surface area contributed by atoms with Crippen molar-refractivity contribution in [1.29, 1.82) is 0 Å². The number of hydrogen-bond donors (Lipinski definition) is 2. The highest BCUT2D eigenvalue weighted by Crippen LogP contribution is 2.50. The van der Waals surface area contributed by atoms with Gasteiger partial charge < -0.3 is 5.73 Å². The number of rotatable bonds is 3. The van der Waals surface area contributed by atoms with Gasteiger partial charge in [-0.25, -0.2) is 0 Å². The zero-order valence-corrected chi connectivity index (χ0v) is 10.5. The molecule has 0 bridgehead atoms. The molecule has 3 heteroatoms. The highest BCUT2D eigenvalue weighted by molar-refractivity contribution is 8.24. The van der Waals surface area contributed by atoms with Crippen molar-refractivity contribution in [2.24, 2.45) is 5.73 Å². The lowest BCUT2D eigenvalue weighted by Crippen LogP contribution is -2.23. The van der Waals surface area contributed by atoms with E-state index in [-0.39, 0.29) is 11.3 Å². The van der Waals surface area contributed by atoms with Gasteiger partial charge in [-0.05, 0) is 24.0 Å². The van der Waals surface area contributed by atoms with Crippen molar-refractivity contribution in [1.82, 2.24) is 0 Å². The summed E-state index contributed by atoms with van der Waals surface area (Å²) in [5.74, 6) is 0. The lowest BCUT2D eigenvalue weighted by molar-refractivity contribution is 0.753. The van der Waals surface area contributed by atoms with Crippen molar-refractivity contribution < 1.29 is 0 Å². The van der Waals surface area contributed by atoms with Crippen molar-refractivity contribution in [2.45, 2.75) is 11.3 Å². The molecule has 16 heavy (non-hydrogen) atoms. The molecule has 1 aromatic carbocycles. The molecular weight excluding hydrogens is 238 g/mol. The van der Waals surface area contributed by atoms with E-state index in [1.165, 1.54) is 0 Å². The summed E-state index contributed by atoms with van der Waals surface area (Å²) in [6.07, 6.45) is 3.92. The highest BCUT2D eigenvalue weighted by atomic mass is 35.5. The van der Waals surface area contributed by atoms with Gasteiger partial charge in [0.2, 0.25) is 0 Å². The largest absolute Gasteiger partial charge is 0.323 e. The maximum Gasteiger partial charge on any atom is 0.0577 e. The molecule has 1 radical (unpaired) electrons. The van der Waals surface area contributed by atoms with Crippen molar-refractivity contribution in [3.05, 3.63) is 64.7 Å². The van der Waals surface area contributed by atoms with E-state index in [0.29, 0.717) is 0 Å². The molecule has 0 amide bonds. The molecule has 2 rings (SSSR count). The van der Waals surface area contributed by atoms with Crippen LogP contribution in [0.15, 0.2) is 52.3 Å². The first-order valence-corrected chi connectivity index (χ1v) is 7.02. The average Bonchev–Trinajstić information content (AvgIpc) is 2.75. The van der Waals surface area contributed by atoms with Gasteiger partial charge in [0.1, 0.15) is 0 Å². The van der Waals surface area contributed by atoms with Crippen LogP contribution in [0, 0.1) is 6.92 Å². The van der Waals surface area contributed by atoms with E-state index in [2.05, 4.69) is 12.3 Å². The van der Waals surface area contributed by atoms with Crippen LogP contribution in [0.1, 0.15) is 11.6 Å². The first-order valence-electron chi connectivity index (χ1n) is 5.16. The molecule has 1 aliphatic rings. The van der Waals surface area contributed by atoms with E-state index in [1.54, 1.807) is 0 Å². The minimum Gasteiger partial charge on any atom is -0.323 e. The SMILES string of the molecule is [CH2]C(C(N)c1ccccc1)[SH]1C=CC=C1Cl. The third-order valence-corrected chi connectivity index (χ3v) is 5.57. The summed E-state index contributed by atoms with van der Waals surface area (Å²) in [5.41, 5.74) is 7.33. The van der Waals surface area contributed by atoms with Gasteiger partial charge in [-0.2, -0.15) is 10.9 Å². The van der Waals surface area contributed by atoms with E-state index in [4.69, 9.17) is 17.3 Å². The van der Waals surface area contributed by atoms with Crippen molar-refractivity contribution in [2.75, 3.05) is 0 Å². The molecule has 1 aliphatic heterocycles. The standard InChI is InChI=1S/C13H15ClNS/c1-10(16-9-5-8-12(16)14)13(15)11-6-3-2-4-7-11/h2-10,13,16H,1,15H2. The number of hydrogen-bond acceptors (Lipinski definition) is 1. The van der Waals surface area contributed by atoms with Gasteiger partial charge in [0.05, 0.1) is 4.36 Å². The fourth-order valence-electron chi connectivity index (χ4n) is 1.71. The van der Waals surface area contributed by atoms with Gasteiger partial charge in [-0.1, -0.05) is 48.0 Å². The number of thiol groups is 1. The highest BCUT2D eigenvalue weighted by Gasteiger charge is 2.23. The second-order valence-corrected chi connectivity index (χ2v) is 6.67. The zero-order chi connectivity index (χ0) is 11.5. The summed E-state index contributed by atoms with van der Waals surface area (Å²) in [7, 11) is -0.521. The van der Waals surface area contributed by atoms with Crippen LogP contribution in [-0.4, -0.2) is 5.25 Å². The Morgan fingerprint density at radius 2 is 1.94 bits per heavy atom. The van der Waals surface area contributed by atoms with Crippen molar-refractivity contribution in [3.63, 3.8) is 0 Å². The maximum atomic E-state index is 6.21. The summed E-state index contributed by atoms with van der Waals surface area (Å²) in [6, 6.07) is 10.00. The fraction of sp³-hybridized carbons (Fsp3) is 0.154. The second kappa shape index (κ2) is 5.09. The predicted molar refractivity (Wildman–Crippen MR) is 74.6 cm³/mol. The average molecular weight is 253 g/mol. The lowest BCUT2D eigenvalue weighted by Gasteiger charge is -2.28. The van der Waals surface area contributed by atoms with Crippen molar-refractivity contribution in [3.8, 4) is 0 Å². The Morgan fingerprint density at radius 3 is 2.50 bits per heavy atom. The van der Waals surface area contributed by atoms with Gasteiger partial charge >= 0.3 is 0 Å². The minimum atomic E-state index is -0.521. The van der Waals surface area contributed by atoms with E-state index >= 15 is 0 Å². The van der Waals surface area contributed by atoms with Crippen LogP contribution in [0.3, 0.4) is 0 Å². The van der Waals surface area contributed by atoms with E-state index in [9.17, 15) is 0 Å². The van der Waals surface area contributed by atoms with Gasteiger partial charge in [0.15, 0.2) is 0 Å². The summed E-state index contributed by atoms with van der Waals surface area (Å²) in [4.78, 5) is 0. The normalized spacial score (nSPS) is 25.2. The molecule has 0 saturated heterocycles. The number of nitrogens with two attached hydrogens (primary N) is 1. The van der Waals surface area contributed by atoms with Crippen LogP contribution in [0.4, 0.5) is 0 Å². The smallest absolute Gasteiger partial charge is 0.0577 e. The minimum absolute atomic E-state index is 0.0581. The molecule has 0 aliphatic carbocycles. The fourth-order valence-corrected chi connectivity index (χ4v) is 4.06. The Bertz CT molecular complexity index is 413. The Labute approximate surface area is 104 Å². The molecule has 3 atom stereocenters. The Morgan fingerprint density at radius 1 is 1.25 bits per heavy atom. The van der Waals surface area contributed by atoms with Gasteiger partial charge in [-0.3, -0.25) is 0 Å². The topological polar surface area (TPSA) is 26.0 Å². The first-order chi connectivity index (χ1) is 7.70. The first kappa shape index (κ1) is 11.8. The number of halogens is 1. The van der Waals surface area contributed by atoms with Gasteiger partial charge in [0.25, 0.3) is 0 Å². The van der Waals surface area contributed by atoms with E-state index in [1.807, 2.05) is 42.5 Å². The van der Waals surface area contributed by atoms with Crippen LogP contribution in [-0.2, 0) is 0 Å². The summed E-state index contributed by atoms with van der Waals surface area (Å²) < 4.78 is 0.890. The monoisotopic (exact) mass is 252 g/mol. The molecule has 3 unspecified atom stereocenters. The molecular formula is C13H15ClNS. The van der Waals surface area contributed by atoms with Crippen LogP contribution >= 0.6 is 22.5 Å². The molecule has 2 N–H and O–H groups in total. The molecule has 85 valence electrons. The maximum absolute atomic E-state index is 6.21.